The Morgan fingerprint density at radius 3 is 2.57 bits per heavy atom. The lowest BCUT2D eigenvalue weighted by molar-refractivity contribution is 0.262. The summed E-state index contributed by atoms with van der Waals surface area (Å²) in [6, 6.07) is 14.5. The van der Waals surface area contributed by atoms with E-state index in [-0.39, 0.29) is 6.03 Å². The fraction of sp³-hybridized carbons (Fsp3) is 0.176. The minimum atomic E-state index is -0.309. The van der Waals surface area contributed by atoms with Gasteiger partial charge in [-0.25, -0.2) is 4.79 Å². The zero-order valence-electron chi connectivity index (χ0n) is 12.8. The van der Waals surface area contributed by atoms with Gasteiger partial charge in [-0.3, -0.25) is 4.99 Å². The monoisotopic (exact) mass is 310 g/mol. The number of urea groups is 1. The zero-order chi connectivity index (χ0) is 16.1. The highest BCUT2D eigenvalue weighted by atomic mass is 16.5. The van der Waals surface area contributed by atoms with E-state index in [2.05, 4.69) is 20.9 Å². The second-order valence-corrected chi connectivity index (χ2v) is 5.05. The number of amides is 2. The van der Waals surface area contributed by atoms with E-state index in [1.807, 2.05) is 36.4 Å². The van der Waals surface area contributed by atoms with E-state index in [0.29, 0.717) is 17.1 Å². The molecule has 0 spiro atoms. The standard InChI is InChI=1S/C17H18N4O2/c1-23-15-7-3-6-14(11-15)21-17(22)20-13-5-2-4-12(10-13)16-18-8-9-19-16/h2-7,10-11H,8-9H2,1H3,(H,18,19)(H2,20,21,22). The first-order valence-corrected chi connectivity index (χ1v) is 7.35. The molecule has 1 heterocycles. The fourth-order valence-corrected chi connectivity index (χ4v) is 2.33. The largest absolute Gasteiger partial charge is 0.497 e. The van der Waals surface area contributed by atoms with Gasteiger partial charge in [-0.1, -0.05) is 18.2 Å². The van der Waals surface area contributed by atoms with Crippen LogP contribution in [0, 0.1) is 0 Å². The molecule has 6 nitrogen and oxygen atoms in total. The number of methoxy groups -OCH3 is 1. The summed E-state index contributed by atoms with van der Waals surface area (Å²) in [6.45, 7) is 1.63. The van der Waals surface area contributed by atoms with Crippen LogP contribution in [0.1, 0.15) is 5.56 Å². The Labute approximate surface area is 134 Å². The van der Waals surface area contributed by atoms with Crippen LogP contribution in [0.25, 0.3) is 0 Å². The van der Waals surface area contributed by atoms with Crippen LogP contribution in [-0.4, -0.2) is 32.1 Å². The normalized spacial score (nSPS) is 13.0. The summed E-state index contributed by atoms with van der Waals surface area (Å²) in [6.07, 6.45) is 0. The molecular weight excluding hydrogens is 292 g/mol. The lowest BCUT2D eigenvalue weighted by Gasteiger charge is -2.10. The fourth-order valence-electron chi connectivity index (χ4n) is 2.33. The summed E-state index contributed by atoms with van der Waals surface area (Å²) in [5.41, 5.74) is 2.33. The maximum Gasteiger partial charge on any atom is 0.323 e. The molecule has 3 rings (SSSR count). The average molecular weight is 310 g/mol. The number of rotatable bonds is 4. The molecule has 0 unspecified atom stereocenters. The minimum absolute atomic E-state index is 0.309. The van der Waals surface area contributed by atoms with Gasteiger partial charge < -0.3 is 20.7 Å². The molecule has 0 saturated carbocycles. The summed E-state index contributed by atoms with van der Waals surface area (Å²) in [5.74, 6) is 1.55. The van der Waals surface area contributed by atoms with Gasteiger partial charge in [0.05, 0.1) is 13.7 Å². The molecule has 0 aliphatic carbocycles. The van der Waals surface area contributed by atoms with Gasteiger partial charge in [0.15, 0.2) is 0 Å². The second-order valence-electron chi connectivity index (χ2n) is 5.05. The number of aliphatic imine (C=N–C) groups is 1. The molecular formula is C17H18N4O2. The van der Waals surface area contributed by atoms with Gasteiger partial charge in [-0.15, -0.1) is 0 Å². The van der Waals surface area contributed by atoms with Gasteiger partial charge in [0, 0.05) is 29.5 Å². The Bertz CT molecular complexity index is 743. The van der Waals surface area contributed by atoms with Gasteiger partial charge >= 0.3 is 6.03 Å². The number of hydrogen-bond acceptors (Lipinski definition) is 4. The highest BCUT2D eigenvalue weighted by Gasteiger charge is 2.09. The number of carbonyl (C=O) groups excluding carboxylic acids is 1. The van der Waals surface area contributed by atoms with Crippen LogP contribution in [0.15, 0.2) is 53.5 Å². The predicted octanol–water partition coefficient (Wildman–Crippen LogP) is 2.69. The Morgan fingerprint density at radius 1 is 1.13 bits per heavy atom. The van der Waals surface area contributed by atoms with E-state index in [1.165, 1.54) is 0 Å². The average Bonchev–Trinajstić information content (AvgIpc) is 3.09. The SMILES string of the molecule is COc1cccc(NC(=O)Nc2cccc(C3=NCCN3)c2)c1. The maximum absolute atomic E-state index is 12.1. The number of amidine groups is 1. The molecule has 0 fully saturated rings. The van der Waals surface area contributed by atoms with Gasteiger partial charge in [-0.2, -0.15) is 0 Å². The first-order valence-electron chi connectivity index (χ1n) is 7.35. The van der Waals surface area contributed by atoms with Crippen molar-refractivity contribution in [1.82, 2.24) is 5.32 Å². The van der Waals surface area contributed by atoms with E-state index in [0.717, 1.165) is 24.5 Å². The molecule has 1 aliphatic heterocycles. The summed E-state index contributed by atoms with van der Waals surface area (Å²) < 4.78 is 5.14. The molecule has 2 aromatic rings. The lowest BCUT2D eigenvalue weighted by atomic mass is 10.2. The number of nitrogens with zero attached hydrogens (tertiary/aromatic N) is 1. The van der Waals surface area contributed by atoms with Crippen LogP contribution >= 0.6 is 0 Å². The van der Waals surface area contributed by atoms with Crippen LogP contribution in [-0.2, 0) is 0 Å². The highest BCUT2D eigenvalue weighted by Crippen LogP contribution is 2.17. The summed E-state index contributed by atoms with van der Waals surface area (Å²) >= 11 is 0. The number of anilines is 2. The lowest BCUT2D eigenvalue weighted by Crippen LogP contribution is -2.21. The Hall–Kier alpha value is -3.02. The van der Waals surface area contributed by atoms with Crippen LogP contribution in [0.3, 0.4) is 0 Å². The van der Waals surface area contributed by atoms with Gasteiger partial charge in [0.1, 0.15) is 11.6 Å². The number of benzene rings is 2. The van der Waals surface area contributed by atoms with Crippen molar-refractivity contribution in [2.24, 2.45) is 4.99 Å². The second kappa shape index (κ2) is 6.83. The van der Waals surface area contributed by atoms with E-state index in [4.69, 9.17) is 4.74 Å². The first-order chi connectivity index (χ1) is 11.2. The van der Waals surface area contributed by atoms with Crippen molar-refractivity contribution in [3.8, 4) is 5.75 Å². The molecule has 2 amide bonds. The smallest absolute Gasteiger partial charge is 0.323 e. The zero-order valence-corrected chi connectivity index (χ0v) is 12.8. The van der Waals surface area contributed by atoms with Gasteiger partial charge in [-0.05, 0) is 24.3 Å². The van der Waals surface area contributed by atoms with Crippen molar-refractivity contribution in [2.45, 2.75) is 0 Å². The van der Waals surface area contributed by atoms with Gasteiger partial charge in [0.2, 0.25) is 0 Å². The van der Waals surface area contributed by atoms with E-state index in [9.17, 15) is 4.79 Å². The van der Waals surface area contributed by atoms with Crippen molar-refractivity contribution in [3.63, 3.8) is 0 Å². The molecule has 0 radical (unpaired) electrons. The molecule has 0 bridgehead atoms. The van der Waals surface area contributed by atoms with Crippen LogP contribution in [0.5, 0.6) is 5.75 Å². The molecule has 0 atom stereocenters. The number of hydrogen-bond donors (Lipinski definition) is 3. The van der Waals surface area contributed by atoms with Crippen molar-refractivity contribution < 1.29 is 9.53 Å². The quantitative estimate of drug-likeness (QED) is 0.813. The predicted molar refractivity (Wildman–Crippen MR) is 91.5 cm³/mol. The van der Waals surface area contributed by atoms with E-state index >= 15 is 0 Å². The third-order valence-electron chi connectivity index (χ3n) is 3.40. The number of nitrogens with one attached hydrogen (secondary N) is 3. The van der Waals surface area contributed by atoms with E-state index in [1.54, 1.807) is 19.2 Å². The summed E-state index contributed by atoms with van der Waals surface area (Å²) in [4.78, 5) is 16.5. The van der Waals surface area contributed by atoms with Crippen LogP contribution in [0.4, 0.5) is 16.2 Å². The highest BCUT2D eigenvalue weighted by molar-refractivity contribution is 6.03. The molecule has 2 aromatic carbocycles. The molecule has 0 aromatic heterocycles. The maximum atomic E-state index is 12.1. The van der Waals surface area contributed by atoms with E-state index < -0.39 is 0 Å². The van der Waals surface area contributed by atoms with Gasteiger partial charge in [0.25, 0.3) is 0 Å². The molecule has 23 heavy (non-hydrogen) atoms. The Balaban J connectivity index is 1.66. The van der Waals surface area contributed by atoms with Crippen molar-refractivity contribution in [2.75, 3.05) is 30.8 Å². The molecule has 3 N–H and O–H groups in total. The third-order valence-corrected chi connectivity index (χ3v) is 3.40. The van der Waals surface area contributed by atoms with Crippen molar-refractivity contribution in [1.29, 1.82) is 0 Å². The number of ether oxygens (including phenoxy) is 1. The summed E-state index contributed by atoms with van der Waals surface area (Å²) in [7, 11) is 1.59. The molecule has 118 valence electrons. The topological polar surface area (TPSA) is 74.8 Å². The van der Waals surface area contributed by atoms with Crippen molar-refractivity contribution >= 4 is 23.2 Å². The minimum Gasteiger partial charge on any atom is -0.497 e. The first kappa shape index (κ1) is 14.9. The van der Waals surface area contributed by atoms with Crippen molar-refractivity contribution in [3.05, 3.63) is 54.1 Å². The third kappa shape index (κ3) is 3.79. The van der Waals surface area contributed by atoms with Crippen LogP contribution in [0.2, 0.25) is 0 Å². The number of carbonyl (C=O) groups is 1. The Kier molecular flexibility index (Phi) is 4.42. The summed E-state index contributed by atoms with van der Waals surface area (Å²) in [5, 5.41) is 8.81. The molecule has 6 heteroatoms. The Morgan fingerprint density at radius 2 is 1.87 bits per heavy atom. The molecule has 0 saturated heterocycles. The van der Waals surface area contributed by atoms with Crippen LogP contribution < -0.4 is 20.7 Å². The molecule has 1 aliphatic rings.